The van der Waals surface area contributed by atoms with Gasteiger partial charge in [-0.2, -0.15) is 8.42 Å². The van der Waals surface area contributed by atoms with Crippen molar-refractivity contribution >= 4 is 55.6 Å². The molecule has 1 atom stereocenters. The van der Waals surface area contributed by atoms with Crippen LogP contribution < -0.4 is 20.8 Å². The topological polar surface area (TPSA) is 215 Å². The molecule has 51 heavy (non-hydrogen) atoms. The summed E-state index contributed by atoms with van der Waals surface area (Å²) in [6, 6.07) is 14.4. The van der Waals surface area contributed by atoms with Crippen LogP contribution in [0.4, 0.5) is 5.69 Å². The summed E-state index contributed by atoms with van der Waals surface area (Å²) in [6.07, 6.45) is 4.09. The number of sulfonamides is 1. The lowest BCUT2D eigenvalue weighted by Crippen LogP contribution is -2.40. The largest absolute Gasteiger partial charge is 0.488 e. The number of carbonyl (C=O) groups is 1. The fraction of sp³-hybridized carbons (Fsp3) is 0.257. The molecule has 0 heterocycles. The van der Waals surface area contributed by atoms with Crippen LogP contribution in [0.1, 0.15) is 47.8 Å². The van der Waals surface area contributed by atoms with Crippen molar-refractivity contribution in [1.82, 2.24) is 10.0 Å². The standard InChI is InChI=1S/C35H41BN4O9S2/c1-5-37-31-15-9-25(17-22(31)3)34(26-10-16-32(38-6-2)23(4)18-26)30-14-13-29(19-33(30)51(47,48)49)50(45,46)40-21-28(41)20-39-35(42)24-7-11-27(12-8-24)36(43)44/h7-19,28,37,40-41,43-44H,5-6,20-21H2,1-4H3,(H,39,42)(H,47,48,49)/b34-26-,38-32-. The highest BCUT2D eigenvalue weighted by molar-refractivity contribution is 7.89. The van der Waals surface area contributed by atoms with E-state index < -0.39 is 55.6 Å². The van der Waals surface area contributed by atoms with Crippen LogP contribution in [0.15, 0.2) is 105 Å². The van der Waals surface area contributed by atoms with Crippen molar-refractivity contribution in [3.05, 3.63) is 112 Å². The highest BCUT2D eigenvalue weighted by Crippen LogP contribution is 2.37. The first kappa shape index (κ1) is 39.4. The SMILES string of the molecule is CC/N=C1C=C/C(=C(\c2ccc(NCC)c(C)c2)c2ccc(S(=O)(=O)NCC(O)CNC(=O)c3ccc(B(O)O)cc3)cc2S(=O)(=O)O)C=C/1C. The molecule has 1 amide bonds. The number of rotatable bonds is 14. The number of hydrogen-bond donors (Lipinski definition) is 7. The Morgan fingerprint density at radius 3 is 2.18 bits per heavy atom. The second-order valence-electron chi connectivity index (χ2n) is 11.8. The van der Waals surface area contributed by atoms with Gasteiger partial charge in [-0.15, -0.1) is 0 Å². The van der Waals surface area contributed by atoms with Crippen molar-refractivity contribution in [2.45, 2.75) is 43.6 Å². The molecule has 13 nitrogen and oxygen atoms in total. The van der Waals surface area contributed by atoms with Gasteiger partial charge in [0.1, 0.15) is 4.90 Å². The zero-order chi connectivity index (χ0) is 37.5. The fourth-order valence-electron chi connectivity index (χ4n) is 5.41. The lowest BCUT2D eigenvalue weighted by atomic mass is 9.80. The summed E-state index contributed by atoms with van der Waals surface area (Å²) in [5.41, 5.74) is 5.46. The maximum Gasteiger partial charge on any atom is 0.488 e. The number of hydrogen-bond acceptors (Lipinski definition) is 10. The van der Waals surface area contributed by atoms with E-state index in [1.54, 1.807) is 6.08 Å². The maximum atomic E-state index is 13.3. The quantitative estimate of drug-likeness (QED) is 0.0947. The Morgan fingerprint density at radius 2 is 1.59 bits per heavy atom. The Balaban J connectivity index is 1.66. The number of aliphatic hydroxyl groups excluding tert-OH is 1. The molecule has 270 valence electrons. The van der Waals surface area contributed by atoms with Crippen molar-refractivity contribution in [3.63, 3.8) is 0 Å². The zero-order valence-electron chi connectivity index (χ0n) is 28.6. The van der Waals surface area contributed by atoms with Gasteiger partial charge < -0.3 is 25.8 Å². The molecule has 0 saturated carbocycles. The minimum atomic E-state index is -4.98. The minimum Gasteiger partial charge on any atom is -0.423 e. The summed E-state index contributed by atoms with van der Waals surface area (Å²) in [7, 11) is -11.1. The highest BCUT2D eigenvalue weighted by atomic mass is 32.2. The molecule has 0 bridgehead atoms. The number of amides is 1. The van der Waals surface area contributed by atoms with E-state index in [0.717, 1.165) is 28.6 Å². The number of allylic oxidation sites excluding steroid dienone is 5. The van der Waals surface area contributed by atoms with E-state index >= 15 is 0 Å². The molecule has 3 aromatic rings. The second kappa shape index (κ2) is 16.7. The fourth-order valence-corrected chi connectivity index (χ4v) is 7.31. The molecule has 0 aliphatic heterocycles. The molecule has 0 saturated heterocycles. The number of carbonyl (C=O) groups excluding carboxylic acids is 1. The van der Waals surface area contributed by atoms with Gasteiger partial charge in [0.05, 0.1) is 16.7 Å². The van der Waals surface area contributed by atoms with Gasteiger partial charge in [0, 0.05) is 43.0 Å². The second-order valence-corrected chi connectivity index (χ2v) is 14.9. The molecule has 1 aliphatic carbocycles. The molecule has 0 radical (unpaired) electrons. The van der Waals surface area contributed by atoms with Gasteiger partial charge in [0.25, 0.3) is 16.0 Å². The first-order valence-electron chi connectivity index (χ1n) is 16.1. The number of nitrogens with one attached hydrogen (secondary N) is 3. The van der Waals surface area contributed by atoms with Crippen molar-refractivity contribution < 1.29 is 41.3 Å². The third-order valence-electron chi connectivity index (χ3n) is 7.99. The number of nitrogens with zero attached hydrogens (tertiary/aromatic N) is 1. The molecule has 1 unspecified atom stereocenters. The number of aliphatic hydroxyl groups is 1. The molecule has 3 aromatic carbocycles. The highest BCUT2D eigenvalue weighted by Gasteiger charge is 2.26. The van der Waals surface area contributed by atoms with Crippen LogP contribution in [0, 0.1) is 6.92 Å². The van der Waals surface area contributed by atoms with E-state index in [4.69, 9.17) is 0 Å². The van der Waals surface area contributed by atoms with Crippen LogP contribution in [0.2, 0.25) is 0 Å². The lowest BCUT2D eigenvalue weighted by molar-refractivity contribution is 0.0918. The summed E-state index contributed by atoms with van der Waals surface area (Å²) in [5, 5.41) is 34.6. The molecule has 0 aromatic heterocycles. The first-order chi connectivity index (χ1) is 24.0. The Bertz CT molecular complexity index is 2130. The summed E-state index contributed by atoms with van der Waals surface area (Å²) < 4.78 is 65.1. The molecular weight excluding hydrogens is 695 g/mol. The van der Waals surface area contributed by atoms with E-state index in [1.807, 2.05) is 58.0 Å². The van der Waals surface area contributed by atoms with E-state index in [0.29, 0.717) is 29.8 Å². The van der Waals surface area contributed by atoms with Gasteiger partial charge in [-0.1, -0.05) is 30.3 Å². The van der Waals surface area contributed by atoms with Crippen LogP contribution >= 0.6 is 0 Å². The van der Waals surface area contributed by atoms with Gasteiger partial charge in [-0.25, -0.2) is 13.1 Å². The van der Waals surface area contributed by atoms with Crippen molar-refractivity contribution in [3.8, 4) is 0 Å². The summed E-state index contributed by atoms with van der Waals surface area (Å²) >= 11 is 0. The molecule has 16 heteroatoms. The third-order valence-corrected chi connectivity index (χ3v) is 10.3. The van der Waals surface area contributed by atoms with E-state index in [-0.39, 0.29) is 23.1 Å². The van der Waals surface area contributed by atoms with Gasteiger partial charge in [0.2, 0.25) is 10.0 Å². The molecule has 7 N–H and O–H groups in total. The molecule has 0 fully saturated rings. The van der Waals surface area contributed by atoms with Crippen molar-refractivity contribution in [2.24, 2.45) is 4.99 Å². The zero-order valence-corrected chi connectivity index (χ0v) is 30.2. The Hall–Kier alpha value is -4.42. The van der Waals surface area contributed by atoms with Crippen LogP contribution in [0.5, 0.6) is 0 Å². The van der Waals surface area contributed by atoms with E-state index in [2.05, 4.69) is 20.3 Å². The minimum absolute atomic E-state index is 0.0657. The average molecular weight is 737 g/mol. The van der Waals surface area contributed by atoms with Gasteiger partial charge in [-0.05, 0) is 110 Å². The molecule has 0 spiro atoms. The normalized spacial score (nSPS) is 15.7. The van der Waals surface area contributed by atoms with Crippen molar-refractivity contribution in [1.29, 1.82) is 0 Å². The van der Waals surface area contributed by atoms with E-state index in [9.17, 15) is 41.3 Å². The number of anilines is 1. The maximum absolute atomic E-state index is 13.3. The van der Waals surface area contributed by atoms with Crippen LogP contribution in [0.3, 0.4) is 0 Å². The van der Waals surface area contributed by atoms with Gasteiger partial charge in [-0.3, -0.25) is 14.3 Å². The average Bonchev–Trinajstić information content (AvgIpc) is 3.08. The monoisotopic (exact) mass is 736 g/mol. The van der Waals surface area contributed by atoms with Crippen molar-refractivity contribution in [2.75, 3.05) is 31.5 Å². The number of aryl methyl sites for hydroxylation is 1. The number of aliphatic imine (C=N–C) groups is 1. The molecule has 1 aliphatic rings. The first-order valence-corrected chi connectivity index (χ1v) is 19.0. The summed E-state index contributed by atoms with van der Waals surface area (Å²) in [5.74, 6) is -0.590. The Labute approximate surface area is 298 Å². The summed E-state index contributed by atoms with van der Waals surface area (Å²) in [4.78, 5) is 15.8. The van der Waals surface area contributed by atoms with E-state index in [1.165, 1.54) is 36.4 Å². The van der Waals surface area contributed by atoms with Gasteiger partial charge in [0.15, 0.2) is 0 Å². The van der Waals surface area contributed by atoms with Crippen LogP contribution in [-0.2, 0) is 20.1 Å². The Kier molecular flexibility index (Phi) is 12.9. The third kappa shape index (κ3) is 9.89. The van der Waals surface area contributed by atoms with Crippen LogP contribution in [0.25, 0.3) is 5.57 Å². The summed E-state index contributed by atoms with van der Waals surface area (Å²) in [6.45, 7) is 8.04. The predicted octanol–water partition coefficient (Wildman–Crippen LogP) is 2.20. The Morgan fingerprint density at radius 1 is 0.902 bits per heavy atom. The lowest BCUT2D eigenvalue weighted by Gasteiger charge is -2.20. The predicted molar refractivity (Wildman–Crippen MR) is 198 cm³/mol. The smallest absolute Gasteiger partial charge is 0.423 e. The number of benzene rings is 3. The molecule has 4 rings (SSSR count). The molecular formula is C35H41BN4O9S2. The van der Waals surface area contributed by atoms with Gasteiger partial charge >= 0.3 is 7.12 Å². The van der Waals surface area contributed by atoms with Crippen LogP contribution in [-0.4, -0.2) is 87.6 Å².